The maximum absolute atomic E-state index is 11.3. The van der Waals surface area contributed by atoms with Crippen LogP contribution in [0.2, 0.25) is 0 Å². The minimum absolute atomic E-state index is 0.00189. The van der Waals surface area contributed by atoms with E-state index in [-0.39, 0.29) is 23.1 Å². The summed E-state index contributed by atoms with van der Waals surface area (Å²) >= 11 is 3.48. The number of pyridine rings is 1. The Morgan fingerprint density at radius 1 is 1.52 bits per heavy atom. The molecule has 122 valence electrons. The van der Waals surface area contributed by atoms with Crippen LogP contribution in [0.4, 0.5) is 5.82 Å². The Labute approximate surface area is 141 Å². The highest BCUT2D eigenvalue weighted by Crippen LogP contribution is 2.34. The number of amides is 1. The van der Waals surface area contributed by atoms with Crippen molar-refractivity contribution in [2.45, 2.75) is 18.9 Å². The third kappa shape index (κ3) is 3.09. The van der Waals surface area contributed by atoms with Crippen molar-refractivity contribution >= 4 is 44.9 Å². The van der Waals surface area contributed by atoms with E-state index in [0.717, 1.165) is 25.9 Å². The molecule has 2 aromatic heterocycles. The number of nitrogens with one attached hydrogen (secondary N) is 1. The van der Waals surface area contributed by atoms with Crippen LogP contribution in [0.15, 0.2) is 15.0 Å². The first-order valence-corrected chi connectivity index (χ1v) is 8.12. The van der Waals surface area contributed by atoms with E-state index >= 15 is 0 Å². The summed E-state index contributed by atoms with van der Waals surface area (Å²) < 4.78 is 6.02. The molecular weight excluding hydrogens is 364 g/mol. The molecule has 3 rings (SSSR count). The van der Waals surface area contributed by atoms with Crippen LogP contribution in [0.5, 0.6) is 0 Å². The first kappa shape index (κ1) is 15.9. The van der Waals surface area contributed by atoms with Crippen molar-refractivity contribution in [2.75, 3.05) is 25.5 Å². The number of aldehydes is 1. The van der Waals surface area contributed by atoms with Gasteiger partial charge in [0, 0.05) is 11.4 Å². The molecule has 1 saturated heterocycles. The van der Waals surface area contributed by atoms with E-state index in [2.05, 4.69) is 38.2 Å². The van der Waals surface area contributed by atoms with Gasteiger partial charge in [0.1, 0.15) is 11.5 Å². The van der Waals surface area contributed by atoms with E-state index in [1.807, 2.05) is 0 Å². The number of hydrogen-bond acceptors (Lipinski definition) is 6. The number of carbonyl (C=O) groups excluding carboxylic acids is 2. The van der Waals surface area contributed by atoms with E-state index < -0.39 is 5.91 Å². The molecule has 1 aliphatic rings. The van der Waals surface area contributed by atoms with E-state index in [1.54, 1.807) is 0 Å². The number of nitrogens with zero attached hydrogens (tertiary/aromatic N) is 2. The molecule has 0 aromatic carbocycles. The number of anilines is 1. The highest BCUT2D eigenvalue weighted by molar-refractivity contribution is 9.10. The molecule has 7 nitrogen and oxygen atoms in total. The molecule has 0 aliphatic carbocycles. The second kappa shape index (κ2) is 6.29. The van der Waals surface area contributed by atoms with Gasteiger partial charge < -0.3 is 20.4 Å². The zero-order valence-electron chi connectivity index (χ0n) is 12.6. The van der Waals surface area contributed by atoms with Gasteiger partial charge in [0.25, 0.3) is 5.91 Å². The number of nitrogens with two attached hydrogens (primary N) is 1. The van der Waals surface area contributed by atoms with Gasteiger partial charge in [0.2, 0.25) is 0 Å². The molecular formula is C15H17BrN4O3. The molecule has 0 atom stereocenters. The van der Waals surface area contributed by atoms with Crippen molar-refractivity contribution in [3.05, 3.63) is 22.0 Å². The maximum Gasteiger partial charge on any atom is 0.284 e. The van der Waals surface area contributed by atoms with Gasteiger partial charge in [-0.05, 0) is 55.0 Å². The van der Waals surface area contributed by atoms with Crippen LogP contribution in [0.3, 0.4) is 0 Å². The number of furan rings is 1. The summed E-state index contributed by atoms with van der Waals surface area (Å²) in [7, 11) is 2.10. The predicted octanol–water partition coefficient (Wildman–Crippen LogP) is 2.01. The fourth-order valence-electron chi connectivity index (χ4n) is 2.74. The van der Waals surface area contributed by atoms with Gasteiger partial charge in [-0.3, -0.25) is 9.59 Å². The van der Waals surface area contributed by atoms with Gasteiger partial charge in [0.15, 0.2) is 17.6 Å². The fraction of sp³-hybridized carbons (Fsp3) is 0.400. The molecule has 1 amide bonds. The Kier molecular flexibility index (Phi) is 4.36. The minimum Gasteiger partial charge on any atom is -0.448 e. The van der Waals surface area contributed by atoms with Crippen LogP contribution in [0.1, 0.15) is 33.9 Å². The van der Waals surface area contributed by atoms with E-state index in [0.29, 0.717) is 22.0 Å². The number of carbonyl (C=O) groups is 2. The fourth-order valence-corrected chi connectivity index (χ4v) is 3.23. The molecule has 1 aliphatic heterocycles. The van der Waals surface area contributed by atoms with E-state index in [1.165, 1.54) is 6.07 Å². The molecule has 2 aromatic rings. The number of likely N-dealkylation sites (tertiary alicyclic amines) is 1. The average Bonchev–Trinajstić information content (AvgIpc) is 2.98. The molecule has 8 heteroatoms. The van der Waals surface area contributed by atoms with Gasteiger partial charge in [-0.25, -0.2) is 4.98 Å². The quantitative estimate of drug-likeness (QED) is 0.786. The highest BCUT2D eigenvalue weighted by Gasteiger charge is 2.22. The second-order valence-electron chi connectivity index (χ2n) is 5.72. The largest absolute Gasteiger partial charge is 0.448 e. The number of aromatic nitrogens is 1. The molecule has 0 bridgehead atoms. The lowest BCUT2D eigenvalue weighted by molar-refractivity contribution is 0.0974. The lowest BCUT2D eigenvalue weighted by atomic mass is 10.1. The number of piperidine rings is 1. The summed E-state index contributed by atoms with van der Waals surface area (Å²) in [6.07, 6.45) is 2.61. The van der Waals surface area contributed by atoms with Gasteiger partial charge in [-0.1, -0.05) is 0 Å². The standard InChI is InChI=1S/C15H17BrN4O3/c1-20-4-2-8(3-5-20)18-15-12(16)9-6-11(14(17)22)23-13(9)10(7-21)19-15/h6-8H,2-5H2,1H3,(H2,17,22)(H,18,19). The summed E-state index contributed by atoms with van der Waals surface area (Å²) in [6.45, 7) is 2.02. The lowest BCUT2D eigenvalue weighted by Gasteiger charge is -2.30. The molecule has 1 fully saturated rings. The average molecular weight is 381 g/mol. The van der Waals surface area contributed by atoms with Gasteiger partial charge in [-0.2, -0.15) is 0 Å². The normalized spacial score (nSPS) is 16.6. The molecule has 0 saturated carbocycles. The SMILES string of the molecule is CN1CCC(Nc2nc(C=O)c3oc(C(N)=O)cc3c2Br)CC1. The van der Waals surface area contributed by atoms with Crippen molar-refractivity contribution in [3.8, 4) is 0 Å². The first-order chi connectivity index (χ1) is 11.0. The van der Waals surface area contributed by atoms with Crippen LogP contribution in [-0.4, -0.2) is 48.3 Å². The highest BCUT2D eigenvalue weighted by atomic mass is 79.9. The topological polar surface area (TPSA) is 101 Å². The molecule has 3 heterocycles. The number of halogens is 1. The van der Waals surface area contributed by atoms with Gasteiger partial charge in [0.05, 0.1) is 4.47 Å². The minimum atomic E-state index is -0.685. The van der Waals surface area contributed by atoms with Crippen LogP contribution >= 0.6 is 15.9 Å². The van der Waals surface area contributed by atoms with Crippen LogP contribution in [0, 0.1) is 0 Å². The zero-order valence-corrected chi connectivity index (χ0v) is 14.2. The molecule has 0 unspecified atom stereocenters. The van der Waals surface area contributed by atoms with E-state index in [4.69, 9.17) is 10.2 Å². The Balaban J connectivity index is 1.98. The number of hydrogen-bond donors (Lipinski definition) is 2. The van der Waals surface area contributed by atoms with Crippen molar-refractivity contribution in [2.24, 2.45) is 5.73 Å². The Morgan fingerprint density at radius 2 is 2.22 bits per heavy atom. The van der Waals surface area contributed by atoms with Gasteiger partial charge >= 0.3 is 0 Å². The first-order valence-electron chi connectivity index (χ1n) is 7.32. The number of primary amides is 1. The second-order valence-corrected chi connectivity index (χ2v) is 6.51. The van der Waals surface area contributed by atoms with Crippen molar-refractivity contribution in [1.82, 2.24) is 9.88 Å². The maximum atomic E-state index is 11.3. The van der Waals surface area contributed by atoms with Gasteiger partial charge in [-0.15, -0.1) is 0 Å². The van der Waals surface area contributed by atoms with Crippen molar-refractivity contribution < 1.29 is 14.0 Å². The van der Waals surface area contributed by atoms with Crippen LogP contribution in [0.25, 0.3) is 11.0 Å². The summed E-state index contributed by atoms with van der Waals surface area (Å²) in [4.78, 5) is 29.2. The molecule has 23 heavy (non-hydrogen) atoms. The van der Waals surface area contributed by atoms with Crippen molar-refractivity contribution in [1.29, 1.82) is 0 Å². The predicted molar refractivity (Wildman–Crippen MR) is 89.8 cm³/mol. The third-order valence-corrected chi connectivity index (χ3v) is 4.86. The summed E-state index contributed by atoms with van der Waals surface area (Å²) in [6, 6.07) is 1.81. The Bertz CT molecular complexity index is 766. The lowest BCUT2D eigenvalue weighted by Crippen LogP contribution is -2.37. The summed E-state index contributed by atoms with van der Waals surface area (Å²) in [5, 5.41) is 3.98. The monoisotopic (exact) mass is 380 g/mol. The zero-order chi connectivity index (χ0) is 16.6. The molecule has 0 radical (unpaired) electrons. The van der Waals surface area contributed by atoms with E-state index in [9.17, 15) is 9.59 Å². The molecule has 0 spiro atoms. The summed E-state index contributed by atoms with van der Waals surface area (Å²) in [5.74, 6) is -0.109. The molecule has 3 N–H and O–H groups in total. The van der Waals surface area contributed by atoms with Crippen molar-refractivity contribution in [3.63, 3.8) is 0 Å². The third-order valence-electron chi connectivity index (χ3n) is 4.06. The number of rotatable bonds is 4. The smallest absolute Gasteiger partial charge is 0.284 e. The number of fused-ring (bicyclic) bond motifs is 1. The summed E-state index contributed by atoms with van der Waals surface area (Å²) in [5.41, 5.74) is 5.65. The Hall–Kier alpha value is -1.93. The van der Waals surface area contributed by atoms with Crippen LogP contribution < -0.4 is 11.1 Å². The Morgan fingerprint density at radius 3 is 2.83 bits per heavy atom. The van der Waals surface area contributed by atoms with Crippen LogP contribution in [-0.2, 0) is 0 Å².